The molecule has 0 spiro atoms. The van der Waals surface area contributed by atoms with Crippen molar-refractivity contribution < 1.29 is 5.93 Å². The molecule has 0 bridgehead atoms. The summed E-state index contributed by atoms with van der Waals surface area (Å²) in [5.74, 6) is 0. The average molecular weight is 394 g/mol. The molecule has 0 aromatic heterocycles. The van der Waals surface area contributed by atoms with Crippen molar-refractivity contribution in [1.82, 2.24) is 0 Å². The topological polar surface area (TPSA) is 18.5 Å². The van der Waals surface area contributed by atoms with E-state index in [0.717, 1.165) is 37.3 Å². The molecule has 0 aliphatic rings. The summed E-state index contributed by atoms with van der Waals surface area (Å²) >= 11 is 2.13. The summed E-state index contributed by atoms with van der Waals surface area (Å²) in [6.07, 6.45) is 4.63. The fourth-order valence-electron chi connectivity index (χ4n) is 1.16. The second kappa shape index (κ2) is 8.14. The van der Waals surface area contributed by atoms with Crippen LogP contribution in [0.4, 0.5) is 0 Å². The maximum absolute atomic E-state index is 5.38. The summed E-state index contributed by atoms with van der Waals surface area (Å²) < 4.78 is 10.7. The molecular weight excluding hydrogens is 378 g/mol. The quantitative estimate of drug-likeness (QED) is 0.604. The van der Waals surface area contributed by atoms with Crippen LogP contribution in [0.5, 0.6) is 0 Å². The zero-order valence-corrected chi connectivity index (χ0v) is 15.1. The van der Waals surface area contributed by atoms with Gasteiger partial charge in [-0.25, -0.2) is 0 Å². The molecule has 0 aromatic rings. The van der Waals surface area contributed by atoms with Gasteiger partial charge in [-0.3, -0.25) is 0 Å². The van der Waals surface area contributed by atoms with Crippen LogP contribution in [-0.4, -0.2) is 68.3 Å². The number of unbranched alkanes of at least 4 members (excludes halogenated alkanes) is 1. The Morgan fingerprint density at radius 1 is 1.42 bits per heavy atom. The fraction of sp³-hybridized carbons (Fsp3) is 1.00. The van der Waals surface area contributed by atoms with E-state index in [1.165, 1.54) is 41.8 Å². The van der Waals surface area contributed by atoms with Gasteiger partial charge in [0.2, 0.25) is 0 Å². The first-order chi connectivity index (χ1) is 5.68. The van der Waals surface area contributed by atoms with Crippen molar-refractivity contribution in [1.29, 1.82) is 0 Å². The van der Waals surface area contributed by atoms with Gasteiger partial charge in [-0.15, -0.1) is 0 Å². The first kappa shape index (κ1) is 13.8. The molecule has 0 aromatic carbocycles. The zero-order valence-electron chi connectivity index (χ0n) is 7.93. The molecule has 2 nitrogen and oxygen atoms in total. The molecule has 1 unspecified atom stereocenters. The van der Waals surface area contributed by atoms with E-state index >= 15 is 0 Å². The first-order valence-corrected chi connectivity index (χ1v) is 9.92. The number of rotatable bonds is 7. The third-order valence-electron chi connectivity index (χ3n) is 1.99. The SMILES string of the molecule is CCCC[Si](C)(C[O][In])C[O][Sn]. The average Bonchev–Trinajstić information content (AvgIpc) is 2.02. The molecule has 1 atom stereocenters. The molecule has 5 heteroatoms. The summed E-state index contributed by atoms with van der Waals surface area (Å²) in [5.41, 5.74) is 0. The predicted molar refractivity (Wildman–Crippen MR) is 54.7 cm³/mol. The first-order valence-electron chi connectivity index (χ1n) is 4.28. The molecule has 0 amide bonds. The molecular formula is C7H16InO2SiSn. The Kier molecular flexibility index (Phi) is 9.37. The molecule has 0 fully saturated rings. The van der Waals surface area contributed by atoms with Crippen LogP contribution in [0.15, 0.2) is 0 Å². The van der Waals surface area contributed by atoms with Gasteiger partial charge in [0.25, 0.3) is 0 Å². The number of hydrogen-bond donors (Lipinski definition) is 0. The van der Waals surface area contributed by atoms with Crippen LogP contribution >= 0.6 is 0 Å². The van der Waals surface area contributed by atoms with Crippen LogP contribution in [0.1, 0.15) is 19.8 Å². The van der Waals surface area contributed by atoms with E-state index in [1.54, 1.807) is 0 Å². The third-order valence-corrected chi connectivity index (χ3v) is 7.91. The Bertz CT molecular complexity index is 110. The van der Waals surface area contributed by atoms with E-state index in [-0.39, 0.29) is 0 Å². The molecule has 0 saturated heterocycles. The van der Waals surface area contributed by atoms with Crippen molar-refractivity contribution >= 4 is 55.8 Å². The van der Waals surface area contributed by atoms with Crippen molar-refractivity contribution in [3.8, 4) is 0 Å². The monoisotopic (exact) mass is 395 g/mol. The maximum atomic E-state index is 5.38. The van der Waals surface area contributed by atoms with Gasteiger partial charge >= 0.3 is 107 Å². The van der Waals surface area contributed by atoms with Crippen LogP contribution in [-0.2, 0) is 5.93 Å². The van der Waals surface area contributed by atoms with Crippen LogP contribution in [0.3, 0.4) is 0 Å². The molecule has 0 heterocycles. The predicted octanol–water partition coefficient (Wildman–Crippen LogP) is 1.14. The van der Waals surface area contributed by atoms with E-state index in [2.05, 4.69) is 13.5 Å². The van der Waals surface area contributed by atoms with Gasteiger partial charge in [-0.05, 0) is 0 Å². The Morgan fingerprint density at radius 2 is 2.08 bits per heavy atom. The standard InChI is InChI=1S/C7H16O2Si.In.Sn/c1-3-4-5-10(2,6-8)7-9;;/h3-7H2,1-2H3;;/q-2;2*+1. The van der Waals surface area contributed by atoms with Gasteiger partial charge in [0.15, 0.2) is 0 Å². The van der Waals surface area contributed by atoms with Crippen molar-refractivity contribution in [3.05, 3.63) is 0 Å². The Balaban J connectivity index is 3.80. The van der Waals surface area contributed by atoms with Gasteiger partial charge in [-0.2, -0.15) is 0 Å². The van der Waals surface area contributed by atoms with Crippen LogP contribution in [0, 0.1) is 0 Å². The summed E-state index contributed by atoms with van der Waals surface area (Å²) in [6, 6.07) is 1.36. The Hall–Kier alpha value is 1.81. The van der Waals surface area contributed by atoms with Crippen molar-refractivity contribution in [2.45, 2.75) is 32.4 Å². The molecule has 0 saturated carbocycles. The second-order valence-electron chi connectivity index (χ2n) is 3.51. The van der Waals surface area contributed by atoms with Crippen molar-refractivity contribution in [2.24, 2.45) is 0 Å². The van der Waals surface area contributed by atoms with Gasteiger partial charge in [0.05, 0.1) is 0 Å². The van der Waals surface area contributed by atoms with E-state index in [9.17, 15) is 0 Å². The van der Waals surface area contributed by atoms with Crippen LogP contribution in [0.25, 0.3) is 0 Å². The summed E-state index contributed by atoms with van der Waals surface area (Å²) in [5, 5.41) is 0. The van der Waals surface area contributed by atoms with E-state index in [0.29, 0.717) is 0 Å². The van der Waals surface area contributed by atoms with E-state index in [4.69, 9.17) is 5.93 Å². The Labute approximate surface area is 106 Å². The molecule has 12 heavy (non-hydrogen) atoms. The zero-order chi connectivity index (χ0) is 9.45. The molecule has 67 valence electrons. The van der Waals surface area contributed by atoms with Crippen LogP contribution < -0.4 is 0 Å². The Morgan fingerprint density at radius 3 is 2.50 bits per heavy atom. The molecule has 0 rings (SSSR count). The summed E-state index contributed by atoms with van der Waals surface area (Å²) in [7, 11) is -1.16. The van der Waals surface area contributed by atoms with E-state index in [1.807, 2.05) is 0 Å². The fourth-order valence-corrected chi connectivity index (χ4v) is 9.92. The van der Waals surface area contributed by atoms with Gasteiger partial charge in [0, 0.05) is 0 Å². The minimum absolute atomic E-state index is 0.931. The second-order valence-corrected chi connectivity index (χ2v) is 9.99. The van der Waals surface area contributed by atoms with Gasteiger partial charge in [0.1, 0.15) is 0 Å². The minimum atomic E-state index is -1.16. The van der Waals surface area contributed by atoms with E-state index < -0.39 is 8.07 Å². The number of hydrogen-bond acceptors (Lipinski definition) is 2. The molecule has 0 N–H and O–H groups in total. The summed E-state index contributed by atoms with van der Waals surface area (Å²) in [4.78, 5) is 0. The van der Waals surface area contributed by atoms with Crippen molar-refractivity contribution in [3.63, 3.8) is 0 Å². The normalized spacial score (nSPS) is 15.9. The van der Waals surface area contributed by atoms with Gasteiger partial charge in [-0.1, -0.05) is 0 Å². The molecule has 0 aliphatic heterocycles. The van der Waals surface area contributed by atoms with Crippen LogP contribution in [0.2, 0.25) is 12.6 Å². The summed E-state index contributed by atoms with van der Waals surface area (Å²) in [6.45, 7) is 4.64. The molecule has 5 radical (unpaired) electrons. The van der Waals surface area contributed by atoms with Gasteiger partial charge < -0.3 is 0 Å². The third kappa shape index (κ3) is 6.29. The van der Waals surface area contributed by atoms with Crippen molar-refractivity contribution in [2.75, 3.05) is 12.5 Å². The molecule has 0 aliphatic carbocycles.